The number of amides is 2. The molecule has 3 heterocycles. The average Bonchev–Trinajstić information content (AvgIpc) is 3.75. The van der Waals surface area contributed by atoms with Gasteiger partial charge in [-0.05, 0) is 83.1 Å². The summed E-state index contributed by atoms with van der Waals surface area (Å²) in [6.07, 6.45) is 2.51. The molecule has 7 rings (SSSR count). The lowest BCUT2D eigenvalue weighted by atomic mass is 9.96. The molecule has 0 bridgehead atoms. The SMILES string of the molecule is Nc1ccc(C2CC2C(=O)NCc2cc3cc(-c4ccc(C(=O)N5CCNCC5)cc4)cc(-c4ccc(F)cc4)c3o2)cn1. The standard InChI is InChI=1S/C35H32FN5O3/c36-27-8-5-22(6-9-27)30-17-25(21-1-3-23(4-2-21)35(43)41-13-11-38-12-14-41)15-26-16-28(44-33(26)30)20-40-34(42)31-18-29(31)24-7-10-32(37)39-19-24/h1-10,15-17,19,29,31,38H,11-14,18,20H2,(H2,37,39)(H,40,42). The van der Waals surface area contributed by atoms with Gasteiger partial charge < -0.3 is 25.7 Å². The predicted molar refractivity (Wildman–Crippen MR) is 167 cm³/mol. The van der Waals surface area contributed by atoms with Crippen molar-refractivity contribution in [2.45, 2.75) is 18.9 Å². The molecule has 2 aromatic heterocycles. The van der Waals surface area contributed by atoms with E-state index in [-0.39, 0.29) is 36.0 Å². The second-order valence-corrected chi connectivity index (χ2v) is 11.5. The Morgan fingerprint density at radius 3 is 2.43 bits per heavy atom. The zero-order valence-corrected chi connectivity index (χ0v) is 24.1. The number of nitrogen functional groups attached to an aromatic ring is 1. The summed E-state index contributed by atoms with van der Waals surface area (Å²) in [7, 11) is 0. The molecule has 5 aromatic rings. The van der Waals surface area contributed by atoms with Crippen LogP contribution in [0.1, 0.15) is 34.0 Å². The van der Waals surface area contributed by atoms with Gasteiger partial charge >= 0.3 is 0 Å². The third-order valence-electron chi connectivity index (χ3n) is 8.49. The highest BCUT2D eigenvalue weighted by atomic mass is 19.1. The number of benzene rings is 3. The predicted octanol–water partition coefficient (Wildman–Crippen LogP) is 5.35. The molecule has 1 saturated carbocycles. The molecule has 2 aliphatic rings. The van der Waals surface area contributed by atoms with E-state index in [9.17, 15) is 14.0 Å². The van der Waals surface area contributed by atoms with E-state index >= 15 is 0 Å². The van der Waals surface area contributed by atoms with Crippen molar-refractivity contribution in [1.82, 2.24) is 20.5 Å². The smallest absolute Gasteiger partial charge is 0.253 e. The van der Waals surface area contributed by atoms with Crippen LogP contribution < -0.4 is 16.4 Å². The number of carbonyl (C=O) groups excluding carboxylic acids is 2. The van der Waals surface area contributed by atoms with Gasteiger partial charge in [0, 0.05) is 54.8 Å². The Kier molecular flexibility index (Phi) is 7.31. The number of rotatable bonds is 7. The van der Waals surface area contributed by atoms with Crippen molar-refractivity contribution in [3.8, 4) is 22.3 Å². The van der Waals surface area contributed by atoms with Crippen molar-refractivity contribution in [3.05, 3.63) is 108 Å². The number of halogens is 1. The Labute approximate surface area is 254 Å². The minimum Gasteiger partial charge on any atom is -0.459 e. The first-order valence-corrected chi connectivity index (χ1v) is 14.8. The summed E-state index contributed by atoms with van der Waals surface area (Å²) in [4.78, 5) is 31.9. The maximum atomic E-state index is 13.8. The number of hydrogen-bond acceptors (Lipinski definition) is 6. The van der Waals surface area contributed by atoms with Crippen LogP contribution in [0.25, 0.3) is 33.2 Å². The number of piperazine rings is 1. The van der Waals surface area contributed by atoms with Crippen molar-refractivity contribution in [1.29, 1.82) is 0 Å². The first-order chi connectivity index (χ1) is 21.4. The summed E-state index contributed by atoms with van der Waals surface area (Å²) < 4.78 is 20.1. The van der Waals surface area contributed by atoms with Crippen LogP contribution >= 0.6 is 0 Å². The van der Waals surface area contributed by atoms with Crippen LogP contribution in [0.5, 0.6) is 0 Å². The highest BCUT2D eigenvalue weighted by molar-refractivity contribution is 5.98. The van der Waals surface area contributed by atoms with E-state index < -0.39 is 0 Å². The molecule has 2 atom stereocenters. The van der Waals surface area contributed by atoms with Gasteiger partial charge in [0.05, 0.1) is 6.54 Å². The highest BCUT2D eigenvalue weighted by Crippen LogP contribution is 2.47. The van der Waals surface area contributed by atoms with Crippen molar-refractivity contribution < 1.29 is 18.4 Å². The number of furan rings is 1. The third kappa shape index (κ3) is 5.66. The quantitative estimate of drug-likeness (QED) is 0.236. The molecule has 44 heavy (non-hydrogen) atoms. The fraction of sp³-hybridized carbons (Fsp3) is 0.229. The summed E-state index contributed by atoms with van der Waals surface area (Å²) >= 11 is 0. The summed E-state index contributed by atoms with van der Waals surface area (Å²) in [5, 5.41) is 7.16. The maximum Gasteiger partial charge on any atom is 0.253 e. The molecule has 1 aliphatic carbocycles. The number of pyridine rings is 1. The summed E-state index contributed by atoms with van der Waals surface area (Å²) in [5.41, 5.74) is 11.5. The van der Waals surface area contributed by atoms with Gasteiger partial charge in [0.1, 0.15) is 23.0 Å². The minimum atomic E-state index is -0.318. The Balaban J connectivity index is 1.13. The van der Waals surface area contributed by atoms with Crippen molar-refractivity contribution in [3.63, 3.8) is 0 Å². The number of nitrogens with zero attached hydrogens (tertiary/aromatic N) is 2. The van der Waals surface area contributed by atoms with Crippen molar-refractivity contribution >= 4 is 28.6 Å². The average molecular weight is 590 g/mol. The van der Waals surface area contributed by atoms with Gasteiger partial charge in [0.2, 0.25) is 5.91 Å². The van der Waals surface area contributed by atoms with Gasteiger partial charge in [-0.2, -0.15) is 0 Å². The molecular weight excluding hydrogens is 557 g/mol. The normalized spacial score (nSPS) is 17.9. The fourth-order valence-corrected chi connectivity index (χ4v) is 5.95. The second-order valence-electron chi connectivity index (χ2n) is 11.5. The highest BCUT2D eigenvalue weighted by Gasteiger charge is 2.44. The summed E-state index contributed by atoms with van der Waals surface area (Å²) in [6, 6.07) is 23.6. The van der Waals surface area contributed by atoms with E-state index in [1.54, 1.807) is 24.4 Å². The number of carbonyl (C=O) groups is 2. The summed E-state index contributed by atoms with van der Waals surface area (Å²) in [6.45, 7) is 3.24. The van der Waals surface area contributed by atoms with E-state index in [2.05, 4.69) is 15.6 Å². The van der Waals surface area contributed by atoms with Crippen molar-refractivity contribution in [2.24, 2.45) is 5.92 Å². The Morgan fingerprint density at radius 2 is 1.70 bits per heavy atom. The minimum absolute atomic E-state index is 0.0258. The molecule has 0 radical (unpaired) electrons. The van der Waals surface area contributed by atoms with E-state index in [0.29, 0.717) is 35.8 Å². The number of fused-ring (bicyclic) bond motifs is 1. The first kappa shape index (κ1) is 27.8. The lowest BCUT2D eigenvalue weighted by molar-refractivity contribution is -0.122. The topological polar surface area (TPSA) is 113 Å². The molecule has 4 N–H and O–H groups in total. The van der Waals surface area contributed by atoms with Crippen LogP contribution in [-0.4, -0.2) is 47.9 Å². The molecule has 222 valence electrons. The molecule has 2 unspecified atom stereocenters. The van der Waals surface area contributed by atoms with E-state index in [4.69, 9.17) is 10.2 Å². The lowest BCUT2D eigenvalue weighted by Gasteiger charge is -2.27. The summed E-state index contributed by atoms with van der Waals surface area (Å²) in [5.74, 6) is 0.810. The Bertz CT molecular complexity index is 1830. The maximum absolute atomic E-state index is 13.8. The van der Waals surface area contributed by atoms with Crippen LogP contribution in [0, 0.1) is 11.7 Å². The molecule has 3 aromatic carbocycles. The van der Waals surface area contributed by atoms with E-state index in [1.165, 1.54) is 12.1 Å². The second kappa shape index (κ2) is 11.6. The molecule has 1 aliphatic heterocycles. The van der Waals surface area contributed by atoms with Gasteiger partial charge in [-0.15, -0.1) is 0 Å². The number of hydrogen-bond donors (Lipinski definition) is 3. The van der Waals surface area contributed by atoms with E-state index in [1.807, 2.05) is 53.4 Å². The zero-order valence-electron chi connectivity index (χ0n) is 24.1. The van der Waals surface area contributed by atoms with E-state index in [0.717, 1.165) is 52.7 Å². The molecule has 0 spiro atoms. The molecular formula is C35H32FN5O3. The van der Waals surface area contributed by atoms with Crippen LogP contribution in [0.3, 0.4) is 0 Å². The Hall–Kier alpha value is -5.02. The van der Waals surface area contributed by atoms with Crippen LogP contribution in [0.15, 0.2) is 89.5 Å². The number of nitrogens with one attached hydrogen (secondary N) is 2. The first-order valence-electron chi connectivity index (χ1n) is 14.8. The molecule has 2 fully saturated rings. The monoisotopic (exact) mass is 589 g/mol. The third-order valence-corrected chi connectivity index (χ3v) is 8.49. The van der Waals surface area contributed by atoms with Crippen molar-refractivity contribution in [2.75, 3.05) is 31.9 Å². The van der Waals surface area contributed by atoms with Gasteiger partial charge in [0.15, 0.2) is 0 Å². The van der Waals surface area contributed by atoms with Gasteiger partial charge in [-0.25, -0.2) is 9.37 Å². The number of nitrogens with two attached hydrogens (primary N) is 1. The number of anilines is 1. The zero-order chi connectivity index (χ0) is 30.2. The fourth-order valence-electron chi connectivity index (χ4n) is 5.95. The van der Waals surface area contributed by atoms with Gasteiger partial charge in [-0.3, -0.25) is 9.59 Å². The van der Waals surface area contributed by atoms with Crippen LogP contribution in [-0.2, 0) is 11.3 Å². The van der Waals surface area contributed by atoms with Gasteiger partial charge in [-0.1, -0.05) is 30.3 Å². The number of aromatic nitrogens is 1. The van der Waals surface area contributed by atoms with Crippen LogP contribution in [0.4, 0.5) is 10.2 Å². The largest absolute Gasteiger partial charge is 0.459 e. The van der Waals surface area contributed by atoms with Crippen LogP contribution in [0.2, 0.25) is 0 Å². The molecule has 1 saturated heterocycles. The Morgan fingerprint density at radius 1 is 0.955 bits per heavy atom. The molecule has 8 nitrogen and oxygen atoms in total. The van der Waals surface area contributed by atoms with Gasteiger partial charge in [0.25, 0.3) is 5.91 Å². The molecule has 9 heteroatoms. The molecule has 2 amide bonds. The lowest BCUT2D eigenvalue weighted by Crippen LogP contribution is -2.46.